The highest BCUT2D eigenvalue weighted by molar-refractivity contribution is 6.06. The van der Waals surface area contributed by atoms with Gasteiger partial charge < -0.3 is 20.6 Å². The fourth-order valence-corrected chi connectivity index (χ4v) is 1.75. The van der Waals surface area contributed by atoms with Gasteiger partial charge in [0.15, 0.2) is 0 Å². The molecule has 2 aromatic carbocycles. The standard InChI is InChI=1S/C15H15NO4/c1-9(17)10-2-4-11(5-3-10)16-15(20)13-8-12(18)6-7-14(13)19/h2-9,17-19H,1H3,(H,16,20). The molecule has 0 aromatic heterocycles. The minimum Gasteiger partial charge on any atom is -0.508 e. The minimum absolute atomic E-state index is 0.00963. The second-order valence-electron chi connectivity index (χ2n) is 4.45. The molecule has 0 aliphatic rings. The quantitative estimate of drug-likeness (QED) is 0.646. The van der Waals surface area contributed by atoms with Crippen LogP contribution in [0.3, 0.4) is 0 Å². The highest BCUT2D eigenvalue weighted by Crippen LogP contribution is 2.23. The van der Waals surface area contributed by atoms with E-state index in [1.54, 1.807) is 31.2 Å². The second kappa shape index (κ2) is 5.63. The van der Waals surface area contributed by atoms with Gasteiger partial charge in [-0.3, -0.25) is 4.79 Å². The Morgan fingerprint density at radius 2 is 1.75 bits per heavy atom. The van der Waals surface area contributed by atoms with Gasteiger partial charge in [-0.15, -0.1) is 0 Å². The lowest BCUT2D eigenvalue weighted by molar-refractivity contribution is 0.102. The van der Waals surface area contributed by atoms with Crippen LogP contribution in [-0.2, 0) is 0 Å². The van der Waals surface area contributed by atoms with Gasteiger partial charge in [-0.1, -0.05) is 12.1 Å². The van der Waals surface area contributed by atoms with Crippen LogP contribution in [-0.4, -0.2) is 21.2 Å². The molecule has 0 saturated heterocycles. The van der Waals surface area contributed by atoms with E-state index < -0.39 is 12.0 Å². The van der Waals surface area contributed by atoms with Crippen LogP contribution in [0.15, 0.2) is 42.5 Å². The molecule has 104 valence electrons. The van der Waals surface area contributed by atoms with Crippen LogP contribution in [0.5, 0.6) is 11.5 Å². The number of phenols is 2. The summed E-state index contributed by atoms with van der Waals surface area (Å²) in [5, 5.41) is 30.9. The number of aliphatic hydroxyl groups excluding tert-OH is 1. The Hall–Kier alpha value is -2.53. The van der Waals surface area contributed by atoms with Crippen LogP contribution in [0.1, 0.15) is 28.9 Å². The molecule has 0 spiro atoms. The molecule has 5 nitrogen and oxygen atoms in total. The minimum atomic E-state index is -0.574. The Morgan fingerprint density at radius 1 is 1.10 bits per heavy atom. The van der Waals surface area contributed by atoms with Crippen molar-refractivity contribution >= 4 is 11.6 Å². The van der Waals surface area contributed by atoms with Crippen molar-refractivity contribution in [2.24, 2.45) is 0 Å². The van der Waals surface area contributed by atoms with Crippen molar-refractivity contribution in [3.63, 3.8) is 0 Å². The lowest BCUT2D eigenvalue weighted by Gasteiger charge is -2.09. The van der Waals surface area contributed by atoms with Crippen molar-refractivity contribution in [1.82, 2.24) is 0 Å². The first kappa shape index (κ1) is 13.9. The molecule has 0 aliphatic heterocycles. The van der Waals surface area contributed by atoms with Crippen LogP contribution in [0.25, 0.3) is 0 Å². The largest absolute Gasteiger partial charge is 0.508 e. The Bertz CT molecular complexity index is 620. The van der Waals surface area contributed by atoms with Gasteiger partial charge in [0.05, 0.1) is 11.7 Å². The molecule has 1 unspecified atom stereocenters. The van der Waals surface area contributed by atoms with Gasteiger partial charge in [-0.25, -0.2) is 0 Å². The molecule has 0 fully saturated rings. The maximum Gasteiger partial charge on any atom is 0.259 e. The van der Waals surface area contributed by atoms with Crippen molar-refractivity contribution in [2.75, 3.05) is 5.32 Å². The van der Waals surface area contributed by atoms with Crippen molar-refractivity contribution < 1.29 is 20.1 Å². The highest BCUT2D eigenvalue weighted by Gasteiger charge is 2.12. The number of amides is 1. The molecule has 1 amide bonds. The maximum absolute atomic E-state index is 12.0. The SMILES string of the molecule is CC(O)c1ccc(NC(=O)c2cc(O)ccc2O)cc1. The molecule has 0 heterocycles. The summed E-state index contributed by atoms with van der Waals surface area (Å²) in [5.74, 6) is -0.832. The smallest absolute Gasteiger partial charge is 0.259 e. The van der Waals surface area contributed by atoms with E-state index in [-0.39, 0.29) is 17.1 Å². The summed E-state index contributed by atoms with van der Waals surface area (Å²) in [4.78, 5) is 12.0. The third kappa shape index (κ3) is 3.07. The van der Waals surface area contributed by atoms with Crippen LogP contribution in [0, 0.1) is 0 Å². The van der Waals surface area contributed by atoms with Gasteiger partial charge in [0.2, 0.25) is 0 Å². The lowest BCUT2D eigenvalue weighted by Crippen LogP contribution is -2.12. The topological polar surface area (TPSA) is 89.8 Å². The first-order valence-corrected chi connectivity index (χ1v) is 6.08. The van der Waals surface area contributed by atoms with Gasteiger partial charge in [0.1, 0.15) is 11.5 Å². The van der Waals surface area contributed by atoms with Crippen LogP contribution in [0.2, 0.25) is 0 Å². The molecule has 4 N–H and O–H groups in total. The number of aliphatic hydroxyl groups is 1. The fourth-order valence-electron chi connectivity index (χ4n) is 1.75. The number of phenolic OH excluding ortho intramolecular Hbond substituents is 2. The number of rotatable bonds is 3. The first-order chi connectivity index (χ1) is 9.47. The van der Waals surface area contributed by atoms with Gasteiger partial charge in [-0.2, -0.15) is 0 Å². The number of hydrogen-bond acceptors (Lipinski definition) is 4. The van der Waals surface area contributed by atoms with Crippen molar-refractivity contribution in [3.8, 4) is 11.5 Å². The van der Waals surface area contributed by atoms with Gasteiger partial charge in [-0.05, 0) is 42.8 Å². The molecule has 20 heavy (non-hydrogen) atoms. The predicted molar refractivity (Wildman–Crippen MR) is 74.8 cm³/mol. The van der Waals surface area contributed by atoms with E-state index in [9.17, 15) is 20.1 Å². The average Bonchev–Trinajstić information content (AvgIpc) is 2.42. The average molecular weight is 273 g/mol. The fraction of sp³-hybridized carbons (Fsp3) is 0.133. The number of anilines is 1. The third-order valence-electron chi connectivity index (χ3n) is 2.88. The molecule has 5 heteroatoms. The van der Waals surface area contributed by atoms with E-state index in [1.807, 2.05) is 0 Å². The Labute approximate surface area is 116 Å². The van der Waals surface area contributed by atoms with E-state index in [4.69, 9.17) is 0 Å². The van der Waals surface area contributed by atoms with Crippen LogP contribution in [0.4, 0.5) is 5.69 Å². The number of aromatic hydroxyl groups is 2. The number of carbonyl (C=O) groups is 1. The Kier molecular flexibility index (Phi) is 3.91. The summed E-state index contributed by atoms with van der Waals surface area (Å²) in [6.07, 6.45) is -0.574. The Balaban J connectivity index is 2.17. The summed E-state index contributed by atoms with van der Waals surface area (Å²) < 4.78 is 0. The van der Waals surface area contributed by atoms with E-state index in [2.05, 4.69) is 5.32 Å². The molecule has 2 rings (SSSR count). The zero-order valence-electron chi connectivity index (χ0n) is 10.9. The zero-order valence-corrected chi connectivity index (χ0v) is 10.9. The zero-order chi connectivity index (χ0) is 14.7. The van der Waals surface area contributed by atoms with Gasteiger partial charge in [0, 0.05) is 5.69 Å². The highest BCUT2D eigenvalue weighted by atomic mass is 16.3. The number of carbonyl (C=O) groups excluding carboxylic acids is 1. The van der Waals surface area contributed by atoms with E-state index in [1.165, 1.54) is 18.2 Å². The van der Waals surface area contributed by atoms with Gasteiger partial charge in [0.25, 0.3) is 5.91 Å². The van der Waals surface area contributed by atoms with E-state index in [0.29, 0.717) is 5.69 Å². The summed E-state index contributed by atoms with van der Waals surface area (Å²) >= 11 is 0. The summed E-state index contributed by atoms with van der Waals surface area (Å²) in [6.45, 7) is 1.65. The predicted octanol–water partition coefficient (Wildman–Crippen LogP) is 2.40. The first-order valence-electron chi connectivity index (χ1n) is 6.08. The number of hydrogen-bond donors (Lipinski definition) is 4. The number of nitrogens with one attached hydrogen (secondary N) is 1. The lowest BCUT2D eigenvalue weighted by atomic mass is 10.1. The molecule has 0 bridgehead atoms. The van der Waals surface area contributed by atoms with Gasteiger partial charge >= 0.3 is 0 Å². The molecule has 2 aromatic rings. The second-order valence-corrected chi connectivity index (χ2v) is 4.45. The van der Waals surface area contributed by atoms with E-state index >= 15 is 0 Å². The summed E-state index contributed by atoms with van der Waals surface area (Å²) in [5.41, 5.74) is 1.26. The van der Waals surface area contributed by atoms with Crippen LogP contribution < -0.4 is 5.32 Å². The van der Waals surface area contributed by atoms with Crippen LogP contribution >= 0.6 is 0 Å². The summed E-state index contributed by atoms with van der Waals surface area (Å²) in [6, 6.07) is 10.4. The van der Waals surface area contributed by atoms with Crippen molar-refractivity contribution in [2.45, 2.75) is 13.0 Å². The molecular weight excluding hydrogens is 258 g/mol. The molecule has 0 saturated carbocycles. The number of benzene rings is 2. The molecule has 0 radical (unpaired) electrons. The molecule has 0 aliphatic carbocycles. The maximum atomic E-state index is 12.0. The summed E-state index contributed by atoms with van der Waals surface area (Å²) in [7, 11) is 0. The van der Waals surface area contributed by atoms with Crippen molar-refractivity contribution in [1.29, 1.82) is 0 Å². The monoisotopic (exact) mass is 273 g/mol. The third-order valence-corrected chi connectivity index (χ3v) is 2.88. The normalized spacial score (nSPS) is 11.9. The Morgan fingerprint density at radius 3 is 2.35 bits per heavy atom. The molecular formula is C15H15NO4. The molecule has 1 atom stereocenters. The van der Waals surface area contributed by atoms with E-state index in [0.717, 1.165) is 5.56 Å². The van der Waals surface area contributed by atoms with Crippen molar-refractivity contribution in [3.05, 3.63) is 53.6 Å².